The summed E-state index contributed by atoms with van der Waals surface area (Å²) in [4.78, 5) is 30.9. The van der Waals surface area contributed by atoms with Crippen molar-refractivity contribution in [3.8, 4) is 28.5 Å². The SMILES string of the molecule is [B]C([B])([B])Oc1c(Oc2cnc(C(F)(F)F)cc2-c2[nH]c(C)c(C(=O)OC)c(=O)c2C)ccc(F)c1F. The van der Waals surface area contributed by atoms with E-state index in [-0.39, 0.29) is 28.1 Å². The fourth-order valence-electron chi connectivity index (χ4n) is 3.29. The number of aromatic nitrogens is 2. The molecule has 2 aromatic heterocycles. The normalized spacial score (nSPS) is 11.8. The van der Waals surface area contributed by atoms with Crippen LogP contribution in [0.25, 0.3) is 11.3 Å². The molecule has 1 N–H and O–H groups in total. The van der Waals surface area contributed by atoms with Crippen LogP contribution >= 0.6 is 0 Å². The second kappa shape index (κ2) is 9.94. The van der Waals surface area contributed by atoms with E-state index in [9.17, 15) is 31.5 Å². The first kappa shape index (κ1) is 27.8. The first-order chi connectivity index (χ1) is 17.0. The second-order valence-electron chi connectivity index (χ2n) is 7.76. The highest BCUT2D eigenvalue weighted by atomic mass is 19.4. The van der Waals surface area contributed by atoms with E-state index in [1.54, 1.807) is 0 Å². The number of carbonyl (C=O) groups is 1. The minimum atomic E-state index is -4.91. The average molecular weight is 514 g/mol. The molecule has 15 heteroatoms. The first-order valence-corrected chi connectivity index (χ1v) is 10.2. The van der Waals surface area contributed by atoms with E-state index in [1.165, 1.54) is 13.8 Å². The molecule has 186 valence electrons. The van der Waals surface area contributed by atoms with Gasteiger partial charge in [0.2, 0.25) is 5.82 Å². The summed E-state index contributed by atoms with van der Waals surface area (Å²) in [5, 5.41) is -2.49. The zero-order valence-corrected chi connectivity index (χ0v) is 19.4. The molecule has 2 heterocycles. The Kier molecular flexibility index (Phi) is 7.48. The van der Waals surface area contributed by atoms with E-state index >= 15 is 0 Å². The Balaban J connectivity index is 2.29. The van der Waals surface area contributed by atoms with Crippen LogP contribution in [0.3, 0.4) is 0 Å². The summed E-state index contributed by atoms with van der Waals surface area (Å²) in [5.41, 5.74) is -3.31. The summed E-state index contributed by atoms with van der Waals surface area (Å²) in [6, 6.07) is 2.08. The third-order valence-electron chi connectivity index (χ3n) is 4.96. The monoisotopic (exact) mass is 514 g/mol. The van der Waals surface area contributed by atoms with Gasteiger partial charge in [0.05, 0.1) is 19.0 Å². The van der Waals surface area contributed by atoms with Crippen LogP contribution < -0.4 is 14.9 Å². The molecule has 0 unspecified atom stereocenters. The summed E-state index contributed by atoms with van der Waals surface area (Å²) < 4.78 is 83.7. The van der Waals surface area contributed by atoms with E-state index < -0.39 is 57.5 Å². The van der Waals surface area contributed by atoms with Crippen molar-refractivity contribution in [1.82, 2.24) is 9.97 Å². The molecule has 1 aromatic carbocycles. The third kappa shape index (κ3) is 5.81. The van der Waals surface area contributed by atoms with Gasteiger partial charge in [-0.2, -0.15) is 17.6 Å². The summed E-state index contributed by atoms with van der Waals surface area (Å²) in [7, 11) is 17.0. The zero-order valence-electron chi connectivity index (χ0n) is 19.4. The summed E-state index contributed by atoms with van der Waals surface area (Å²) >= 11 is 0. The van der Waals surface area contributed by atoms with Crippen LogP contribution in [0.2, 0.25) is 0 Å². The van der Waals surface area contributed by atoms with Gasteiger partial charge in [-0.3, -0.25) is 4.79 Å². The van der Waals surface area contributed by atoms with E-state index in [0.29, 0.717) is 18.3 Å². The molecule has 0 aliphatic heterocycles. The number of hydrogen-bond acceptors (Lipinski definition) is 6. The molecular formula is C22H14B3F5N2O5. The first-order valence-electron chi connectivity index (χ1n) is 10.2. The lowest BCUT2D eigenvalue weighted by molar-refractivity contribution is -0.141. The smallest absolute Gasteiger partial charge is 0.433 e. The van der Waals surface area contributed by atoms with Gasteiger partial charge in [-0.05, 0) is 37.3 Å². The van der Waals surface area contributed by atoms with Crippen molar-refractivity contribution in [3.05, 3.63) is 68.8 Å². The van der Waals surface area contributed by atoms with Crippen molar-refractivity contribution < 1.29 is 41.0 Å². The number of nitrogens with zero attached hydrogens (tertiary/aromatic N) is 1. The number of benzene rings is 1. The molecule has 37 heavy (non-hydrogen) atoms. The van der Waals surface area contributed by atoms with Crippen LogP contribution in [-0.2, 0) is 10.9 Å². The molecule has 0 saturated heterocycles. The Morgan fingerprint density at radius 2 is 1.73 bits per heavy atom. The summed E-state index contributed by atoms with van der Waals surface area (Å²) in [5.74, 6) is -5.99. The number of methoxy groups -OCH3 is 1. The molecular weight excluding hydrogens is 500 g/mol. The van der Waals surface area contributed by atoms with E-state index in [4.69, 9.17) is 33.0 Å². The Labute approximate surface area is 210 Å². The number of aromatic amines is 1. The van der Waals surface area contributed by atoms with Crippen LogP contribution in [-0.4, -0.2) is 51.9 Å². The van der Waals surface area contributed by atoms with Crippen molar-refractivity contribution in [2.45, 2.75) is 25.3 Å². The van der Waals surface area contributed by atoms with Gasteiger partial charge in [-0.1, -0.05) is 0 Å². The zero-order chi connectivity index (χ0) is 27.9. The number of alkyl halides is 3. The Morgan fingerprint density at radius 1 is 1.08 bits per heavy atom. The third-order valence-corrected chi connectivity index (χ3v) is 4.96. The lowest BCUT2D eigenvalue weighted by Gasteiger charge is -2.25. The number of halogens is 5. The number of pyridine rings is 2. The van der Waals surface area contributed by atoms with Gasteiger partial charge < -0.3 is 19.2 Å². The van der Waals surface area contributed by atoms with Gasteiger partial charge in [0.25, 0.3) is 0 Å². The van der Waals surface area contributed by atoms with E-state index in [1.807, 2.05) is 0 Å². The Morgan fingerprint density at radius 3 is 2.30 bits per heavy atom. The van der Waals surface area contributed by atoms with Crippen LogP contribution in [0.4, 0.5) is 22.0 Å². The van der Waals surface area contributed by atoms with Gasteiger partial charge in [-0.15, -0.1) is 0 Å². The van der Waals surface area contributed by atoms with Gasteiger partial charge in [0.1, 0.15) is 34.8 Å². The van der Waals surface area contributed by atoms with Gasteiger partial charge >= 0.3 is 12.1 Å². The predicted molar refractivity (Wildman–Crippen MR) is 123 cm³/mol. The predicted octanol–water partition coefficient (Wildman–Crippen LogP) is 3.43. The molecule has 3 rings (SSSR count). The molecule has 6 radical (unpaired) electrons. The molecule has 7 nitrogen and oxygen atoms in total. The lowest BCUT2D eigenvalue weighted by Crippen LogP contribution is -2.38. The van der Waals surface area contributed by atoms with Crippen molar-refractivity contribution >= 4 is 29.5 Å². The maximum atomic E-state index is 14.5. The molecule has 0 saturated carbocycles. The number of H-pyrrole nitrogens is 1. The highest BCUT2D eigenvalue weighted by Crippen LogP contribution is 2.41. The molecule has 0 aliphatic rings. The Hall–Kier alpha value is -3.77. The average Bonchev–Trinajstić information content (AvgIpc) is 2.79. The van der Waals surface area contributed by atoms with Crippen LogP contribution in [0.5, 0.6) is 17.2 Å². The van der Waals surface area contributed by atoms with Crippen molar-refractivity contribution in [2.24, 2.45) is 0 Å². The van der Waals surface area contributed by atoms with Crippen LogP contribution in [0, 0.1) is 25.5 Å². The lowest BCUT2D eigenvalue weighted by atomic mass is 9.52. The maximum Gasteiger partial charge on any atom is 0.433 e. The number of carbonyl (C=O) groups excluding carboxylic acids is 1. The molecule has 0 atom stereocenters. The van der Waals surface area contributed by atoms with Gasteiger partial charge in [0.15, 0.2) is 28.5 Å². The van der Waals surface area contributed by atoms with E-state index in [2.05, 4.69) is 14.7 Å². The van der Waals surface area contributed by atoms with E-state index in [0.717, 1.165) is 13.2 Å². The molecule has 0 amide bonds. The molecule has 0 bridgehead atoms. The van der Waals surface area contributed by atoms with Crippen LogP contribution in [0.1, 0.15) is 27.3 Å². The second-order valence-corrected chi connectivity index (χ2v) is 7.76. The highest BCUT2D eigenvalue weighted by molar-refractivity contribution is 6.58. The quantitative estimate of drug-likeness (QED) is 0.309. The molecule has 3 aromatic rings. The van der Waals surface area contributed by atoms with Crippen LogP contribution in [0.15, 0.2) is 29.2 Å². The number of hydrogen-bond donors (Lipinski definition) is 1. The maximum absolute atomic E-state index is 14.5. The summed E-state index contributed by atoms with van der Waals surface area (Å²) in [6.45, 7) is 2.57. The fourth-order valence-corrected chi connectivity index (χ4v) is 3.29. The minimum Gasteiger partial charge on any atom is -0.510 e. The molecule has 0 aliphatic carbocycles. The van der Waals surface area contributed by atoms with Crippen molar-refractivity contribution in [3.63, 3.8) is 0 Å². The molecule has 0 fully saturated rings. The Bertz CT molecular complexity index is 1440. The number of rotatable bonds is 6. The largest absolute Gasteiger partial charge is 0.510 e. The highest BCUT2D eigenvalue weighted by Gasteiger charge is 2.34. The number of ether oxygens (including phenoxy) is 3. The standard InChI is InChI=1S/C22H14B3F5N2O5/c1-8-17(32-9(2)15(18(8)33)20(34)35-3)10-6-14(21(28,29)30)31-7-13(10)36-12-5-4-11(26)16(27)19(12)37-22(23,24)25/h4-7H,1-3H3,(H,32,33). The number of nitrogens with one attached hydrogen (secondary N) is 1. The number of esters is 1. The fraction of sp³-hybridized carbons (Fsp3) is 0.227. The topological polar surface area (TPSA) is 90.5 Å². The van der Waals surface area contributed by atoms with Gasteiger partial charge in [0, 0.05) is 16.8 Å². The van der Waals surface area contributed by atoms with Crippen molar-refractivity contribution in [2.75, 3.05) is 7.11 Å². The van der Waals surface area contributed by atoms with Gasteiger partial charge in [-0.25, -0.2) is 14.2 Å². The minimum absolute atomic E-state index is 0.0233. The summed E-state index contributed by atoms with van der Waals surface area (Å²) in [6.07, 6.45) is -4.26. The number of aryl methyl sites for hydroxylation is 1. The van der Waals surface area contributed by atoms with Crippen molar-refractivity contribution in [1.29, 1.82) is 0 Å². The molecule has 0 spiro atoms.